The van der Waals surface area contributed by atoms with E-state index >= 15 is 0 Å². The van der Waals surface area contributed by atoms with E-state index in [0.717, 1.165) is 18.5 Å². The summed E-state index contributed by atoms with van der Waals surface area (Å²) < 4.78 is 13.3. The summed E-state index contributed by atoms with van der Waals surface area (Å²) in [6, 6.07) is 6.21. The molecule has 2 N–H and O–H groups in total. The monoisotopic (exact) mass is 259 g/mol. The van der Waals surface area contributed by atoms with E-state index in [1.807, 2.05) is 0 Å². The molecule has 0 bridgehead atoms. The van der Waals surface area contributed by atoms with Gasteiger partial charge in [0.25, 0.3) is 0 Å². The summed E-state index contributed by atoms with van der Waals surface area (Å²) in [6.45, 7) is 1.46. The SMILES string of the molecule is CC(=O)Nc1c(-c2cccc(F)c2)n[nH]c1C1CC1. The number of benzene rings is 1. The maximum absolute atomic E-state index is 13.3. The van der Waals surface area contributed by atoms with Crippen LogP contribution < -0.4 is 5.32 Å². The van der Waals surface area contributed by atoms with Crippen LogP contribution in [0.1, 0.15) is 31.4 Å². The van der Waals surface area contributed by atoms with Gasteiger partial charge >= 0.3 is 0 Å². The van der Waals surface area contributed by atoms with Crippen LogP contribution in [0.15, 0.2) is 24.3 Å². The quantitative estimate of drug-likeness (QED) is 0.890. The van der Waals surface area contributed by atoms with Crippen molar-refractivity contribution >= 4 is 11.6 Å². The van der Waals surface area contributed by atoms with E-state index in [1.165, 1.54) is 19.1 Å². The van der Waals surface area contributed by atoms with E-state index in [0.29, 0.717) is 22.9 Å². The molecule has 1 fully saturated rings. The molecule has 0 atom stereocenters. The van der Waals surface area contributed by atoms with Gasteiger partial charge in [0.05, 0.1) is 11.4 Å². The lowest BCUT2D eigenvalue weighted by atomic mass is 10.1. The van der Waals surface area contributed by atoms with Crippen molar-refractivity contribution in [2.24, 2.45) is 0 Å². The second kappa shape index (κ2) is 4.50. The van der Waals surface area contributed by atoms with Crippen molar-refractivity contribution in [3.63, 3.8) is 0 Å². The van der Waals surface area contributed by atoms with E-state index < -0.39 is 0 Å². The molecule has 1 aliphatic carbocycles. The largest absolute Gasteiger partial charge is 0.323 e. The molecule has 1 amide bonds. The molecular weight excluding hydrogens is 245 g/mol. The highest BCUT2D eigenvalue weighted by molar-refractivity contribution is 5.94. The Balaban J connectivity index is 2.07. The summed E-state index contributed by atoms with van der Waals surface area (Å²) >= 11 is 0. The third kappa shape index (κ3) is 2.36. The third-order valence-electron chi connectivity index (χ3n) is 3.18. The molecule has 3 rings (SSSR count). The highest BCUT2D eigenvalue weighted by Gasteiger charge is 2.30. The number of carbonyl (C=O) groups excluding carboxylic acids is 1. The fourth-order valence-corrected chi connectivity index (χ4v) is 2.17. The summed E-state index contributed by atoms with van der Waals surface area (Å²) in [7, 11) is 0. The lowest BCUT2D eigenvalue weighted by Crippen LogP contribution is -2.07. The van der Waals surface area contributed by atoms with Crippen LogP contribution in [-0.4, -0.2) is 16.1 Å². The molecule has 0 radical (unpaired) electrons. The Morgan fingerprint density at radius 3 is 2.89 bits per heavy atom. The summed E-state index contributed by atoms with van der Waals surface area (Å²) in [5.41, 5.74) is 2.87. The Hall–Kier alpha value is -2.17. The van der Waals surface area contributed by atoms with Gasteiger partial charge in [0.15, 0.2) is 0 Å². The third-order valence-corrected chi connectivity index (χ3v) is 3.18. The Morgan fingerprint density at radius 2 is 2.26 bits per heavy atom. The van der Waals surface area contributed by atoms with Crippen LogP contribution in [0.25, 0.3) is 11.3 Å². The number of anilines is 1. The van der Waals surface area contributed by atoms with Crippen LogP contribution in [-0.2, 0) is 4.79 Å². The van der Waals surface area contributed by atoms with E-state index in [4.69, 9.17) is 0 Å². The number of aromatic amines is 1. The zero-order valence-corrected chi connectivity index (χ0v) is 10.5. The minimum absolute atomic E-state index is 0.152. The molecule has 5 heteroatoms. The first-order valence-electron chi connectivity index (χ1n) is 6.27. The van der Waals surface area contributed by atoms with Gasteiger partial charge in [0, 0.05) is 18.4 Å². The molecule has 0 unspecified atom stereocenters. The number of nitrogens with zero attached hydrogens (tertiary/aromatic N) is 1. The summed E-state index contributed by atoms with van der Waals surface area (Å²) in [4.78, 5) is 11.3. The predicted molar refractivity (Wildman–Crippen MR) is 70.3 cm³/mol. The van der Waals surface area contributed by atoms with Gasteiger partial charge in [0.1, 0.15) is 11.5 Å². The number of hydrogen-bond donors (Lipinski definition) is 2. The zero-order valence-electron chi connectivity index (χ0n) is 10.5. The van der Waals surface area contributed by atoms with Crippen molar-refractivity contribution in [2.45, 2.75) is 25.7 Å². The number of aromatic nitrogens is 2. The maximum atomic E-state index is 13.3. The van der Waals surface area contributed by atoms with E-state index in [-0.39, 0.29) is 11.7 Å². The van der Waals surface area contributed by atoms with Crippen molar-refractivity contribution in [3.05, 3.63) is 35.8 Å². The van der Waals surface area contributed by atoms with Crippen LogP contribution in [0, 0.1) is 5.82 Å². The molecule has 0 spiro atoms. The van der Waals surface area contributed by atoms with Crippen LogP contribution in [0.2, 0.25) is 0 Å². The highest BCUT2D eigenvalue weighted by Crippen LogP contribution is 2.45. The topological polar surface area (TPSA) is 57.8 Å². The van der Waals surface area contributed by atoms with Gasteiger partial charge < -0.3 is 5.32 Å². The Labute approximate surface area is 110 Å². The lowest BCUT2D eigenvalue weighted by Gasteiger charge is -2.06. The van der Waals surface area contributed by atoms with E-state index in [9.17, 15) is 9.18 Å². The van der Waals surface area contributed by atoms with Crippen molar-refractivity contribution in [1.82, 2.24) is 10.2 Å². The zero-order chi connectivity index (χ0) is 13.4. The van der Waals surface area contributed by atoms with Gasteiger partial charge in [-0.2, -0.15) is 5.10 Å². The number of H-pyrrole nitrogens is 1. The minimum Gasteiger partial charge on any atom is -0.323 e. The molecule has 1 aromatic carbocycles. The van der Waals surface area contributed by atoms with Crippen LogP contribution >= 0.6 is 0 Å². The van der Waals surface area contributed by atoms with Gasteiger partial charge in [-0.1, -0.05) is 12.1 Å². The number of nitrogens with one attached hydrogen (secondary N) is 2. The van der Waals surface area contributed by atoms with E-state index in [1.54, 1.807) is 12.1 Å². The van der Waals surface area contributed by atoms with Gasteiger partial charge in [0.2, 0.25) is 5.91 Å². The van der Waals surface area contributed by atoms with Crippen molar-refractivity contribution < 1.29 is 9.18 Å². The number of amides is 1. The first kappa shape index (κ1) is 11.9. The first-order chi connectivity index (χ1) is 9.15. The molecule has 19 heavy (non-hydrogen) atoms. The number of hydrogen-bond acceptors (Lipinski definition) is 2. The standard InChI is InChI=1S/C14H14FN3O/c1-8(19)16-14-12(9-5-6-9)17-18-13(14)10-3-2-4-11(15)7-10/h2-4,7,9H,5-6H2,1H3,(H,16,19)(H,17,18). The number of carbonyl (C=O) groups is 1. The molecule has 4 nitrogen and oxygen atoms in total. The van der Waals surface area contributed by atoms with Crippen molar-refractivity contribution in [1.29, 1.82) is 0 Å². The molecule has 2 aromatic rings. The van der Waals surface area contributed by atoms with Gasteiger partial charge in [-0.3, -0.25) is 9.89 Å². The highest BCUT2D eigenvalue weighted by atomic mass is 19.1. The average molecular weight is 259 g/mol. The smallest absolute Gasteiger partial charge is 0.221 e. The first-order valence-corrected chi connectivity index (χ1v) is 6.27. The predicted octanol–water partition coefficient (Wildman–Crippen LogP) is 3.05. The molecule has 1 aliphatic rings. The maximum Gasteiger partial charge on any atom is 0.221 e. The van der Waals surface area contributed by atoms with Gasteiger partial charge in [-0.05, 0) is 25.0 Å². The summed E-state index contributed by atoms with van der Waals surface area (Å²) in [5.74, 6) is -0.0418. The Bertz CT molecular complexity index is 631. The fourth-order valence-electron chi connectivity index (χ4n) is 2.17. The summed E-state index contributed by atoms with van der Waals surface area (Å²) in [6.07, 6.45) is 2.19. The normalized spacial score (nSPS) is 14.4. The average Bonchev–Trinajstić information content (AvgIpc) is 3.11. The minimum atomic E-state index is -0.317. The molecule has 0 aliphatic heterocycles. The molecule has 1 saturated carbocycles. The molecule has 1 heterocycles. The van der Waals surface area contributed by atoms with E-state index in [2.05, 4.69) is 15.5 Å². The molecular formula is C14H14FN3O. The Morgan fingerprint density at radius 1 is 1.47 bits per heavy atom. The molecule has 1 aromatic heterocycles. The second-order valence-corrected chi connectivity index (χ2v) is 4.83. The number of halogens is 1. The molecule has 98 valence electrons. The number of rotatable bonds is 3. The second-order valence-electron chi connectivity index (χ2n) is 4.83. The van der Waals surface area contributed by atoms with Gasteiger partial charge in [-0.25, -0.2) is 4.39 Å². The molecule has 0 saturated heterocycles. The summed E-state index contributed by atoms with van der Waals surface area (Å²) in [5, 5.41) is 10.0. The Kier molecular flexibility index (Phi) is 2.81. The van der Waals surface area contributed by atoms with Crippen LogP contribution in [0.3, 0.4) is 0 Å². The fraction of sp³-hybridized carbons (Fsp3) is 0.286. The van der Waals surface area contributed by atoms with Crippen molar-refractivity contribution in [2.75, 3.05) is 5.32 Å². The van der Waals surface area contributed by atoms with Crippen LogP contribution in [0.4, 0.5) is 10.1 Å². The van der Waals surface area contributed by atoms with Gasteiger partial charge in [-0.15, -0.1) is 0 Å². The van der Waals surface area contributed by atoms with Crippen molar-refractivity contribution in [3.8, 4) is 11.3 Å². The van der Waals surface area contributed by atoms with Crippen LogP contribution in [0.5, 0.6) is 0 Å². The lowest BCUT2D eigenvalue weighted by molar-refractivity contribution is -0.114.